The molecule has 7 nitrogen and oxygen atoms in total. The van der Waals surface area contributed by atoms with Crippen molar-refractivity contribution in [2.45, 2.75) is 45.6 Å². The van der Waals surface area contributed by atoms with E-state index in [1.807, 2.05) is 31.2 Å². The number of piperazine rings is 1. The van der Waals surface area contributed by atoms with Crippen LogP contribution in [0.3, 0.4) is 0 Å². The number of anilines is 1. The van der Waals surface area contributed by atoms with Crippen LogP contribution in [0, 0.1) is 5.92 Å². The molecule has 1 saturated heterocycles. The molecule has 1 unspecified atom stereocenters. The Balaban J connectivity index is 1.91. The summed E-state index contributed by atoms with van der Waals surface area (Å²) in [6, 6.07) is 7.24. The molecule has 0 aliphatic carbocycles. The van der Waals surface area contributed by atoms with Gasteiger partial charge in [0, 0.05) is 44.7 Å². The van der Waals surface area contributed by atoms with E-state index in [1.165, 1.54) is 0 Å². The third-order valence-corrected chi connectivity index (χ3v) is 5.20. The second-order valence-electron chi connectivity index (χ2n) is 7.62. The predicted octanol–water partition coefficient (Wildman–Crippen LogP) is 1.30. The number of hydrogen-bond acceptors (Lipinski definition) is 4. The molecular formula is C21H32N4O3. The maximum absolute atomic E-state index is 12.2. The van der Waals surface area contributed by atoms with Crippen LogP contribution < -0.4 is 16.0 Å². The first-order valence-corrected chi connectivity index (χ1v) is 10.0. The third kappa shape index (κ3) is 6.55. The number of carbonyl (C=O) groups is 3. The fraction of sp³-hybridized carbons (Fsp3) is 0.571. The smallest absolute Gasteiger partial charge is 0.240 e. The van der Waals surface area contributed by atoms with Crippen molar-refractivity contribution in [3.8, 4) is 0 Å². The van der Waals surface area contributed by atoms with Gasteiger partial charge in [-0.15, -0.1) is 0 Å². The van der Waals surface area contributed by atoms with Gasteiger partial charge in [0.15, 0.2) is 0 Å². The summed E-state index contributed by atoms with van der Waals surface area (Å²) in [6.45, 7) is 7.17. The highest BCUT2D eigenvalue weighted by Gasteiger charge is 2.20. The van der Waals surface area contributed by atoms with Crippen LogP contribution in [0.2, 0.25) is 0 Å². The number of hydrogen-bond donors (Lipinski definition) is 2. The van der Waals surface area contributed by atoms with Gasteiger partial charge in [-0.25, -0.2) is 0 Å². The number of carbonyl (C=O) groups excluding carboxylic acids is 3. The Morgan fingerprint density at radius 3 is 2.36 bits per heavy atom. The monoisotopic (exact) mass is 388 g/mol. The molecule has 7 heteroatoms. The number of benzene rings is 1. The lowest BCUT2D eigenvalue weighted by molar-refractivity contribution is -0.127. The van der Waals surface area contributed by atoms with Crippen molar-refractivity contribution in [3.63, 3.8) is 0 Å². The summed E-state index contributed by atoms with van der Waals surface area (Å²) in [4.78, 5) is 38.8. The van der Waals surface area contributed by atoms with E-state index in [4.69, 9.17) is 5.73 Å². The number of rotatable bonds is 10. The van der Waals surface area contributed by atoms with Crippen LogP contribution in [0.25, 0.3) is 0 Å². The number of amides is 3. The molecule has 1 heterocycles. The first kappa shape index (κ1) is 21.7. The van der Waals surface area contributed by atoms with Gasteiger partial charge in [0.25, 0.3) is 0 Å². The van der Waals surface area contributed by atoms with Gasteiger partial charge in [0.05, 0.1) is 0 Å². The van der Waals surface area contributed by atoms with Crippen molar-refractivity contribution in [2.75, 3.05) is 31.1 Å². The van der Waals surface area contributed by atoms with E-state index in [-0.39, 0.29) is 11.8 Å². The van der Waals surface area contributed by atoms with Crippen LogP contribution in [-0.4, -0.2) is 55.3 Å². The second kappa shape index (κ2) is 10.7. The Labute approximate surface area is 167 Å². The zero-order chi connectivity index (χ0) is 20.5. The summed E-state index contributed by atoms with van der Waals surface area (Å²) in [7, 11) is 0. The Morgan fingerprint density at radius 1 is 1.18 bits per heavy atom. The van der Waals surface area contributed by atoms with Gasteiger partial charge < -0.3 is 20.9 Å². The Morgan fingerprint density at radius 2 is 1.82 bits per heavy atom. The fourth-order valence-electron chi connectivity index (χ4n) is 3.55. The molecule has 1 aliphatic heterocycles. The third-order valence-electron chi connectivity index (χ3n) is 5.20. The summed E-state index contributed by atoms with van der Waals surface area (Å²) in [5, 5.41) is 2.78. The highest BCUT2D eigenvalue weighted by molar-refractivity contribution is 5.86. The molecule has 2 rings (SSSR count). The SMILES string of the molecule is CCC[C@@H](C)CC(=O)NC(Cc1ccc(N2CCN(C=O)CC2)cc1)C(N)=O. The van der Waals surface area contributed by atoms with Gasteiger partial charge >= 0.3 is 0 Å². The molecule has 1 aromatic carbocycles. The van der Waals surface area contributed by atoms with Crippen LogP contribution in [0.4, 0.5) is 5.69 Å². The van der Waals surface area contributed by atoms with Gasteiger partial charge in [-0.3, -0.25) is 14.4 Å². The average Bonchev–Trinajstić information content (AvgIpc) is 2.68. The van der Waals surface area contributed by atoms with Crippen molar-refractivity contribution in [3.05, 3.63) is 29.8 Å². The van der Waals surface area contributed by atoms with Gasteiger partial charge in [-0.1, -0.05) is 38.8 Å². The molecule has 0 aromatic heterocycles. The zero-order valence-electron chi connectivity index (χ0n) is 16.9. The van der Waals surface area contributed by atoms with Crippen molar-refractivity contribution >= 4 is 23.9 Å². The van der Waals surface area contributed by atoms with Crippen molar-refractivity contribution in [1.82, 2.24) is 10.2 Å². The lowest BCUT2D eigenvalue weighted by Crippen LogP contribution is -2.46. The first-order valence-electron chi connectivity index (χ1n) is 10.0. The largest absolute Gasteiger partial charge is 0.368 e. The van der Waals surface area contributed by atoms with Crippen molar-refractivity contribution < 1.29 is 14.4 Å². The molecule has 0 spiro atoms. The van der Waals surface area contributed by atoms with Gasteiger partial charge in [0.1, 0.15) is 6.04 Å². The van der Waals surface area contributed by atoms with E-state index in [1.54, 1.807) is 4.90 Å². The van der Waals surface area contributed by atoms with E-state index < -0.39 is 11.9 Å². The fourth-order valence-corrected chi connectivity index (χ4v) is 3.55. The second-order valence-corrected chi connectivity index (χ2v) is 7.62. The summed E-state index contributed by atoms with van der Waals surface area (Å²) in [5.41, 5.74) is 7.53. The molecule has 0 bridgehead atoms. The molecule has 3 amide bonds. The summed E-state index contributed by atoms with van der Waals surface area (Å²) in [6.07, 6.45) is 3.69. The minimum atomic E-state index is -0.705. The standard InChI is InChI=1S/C21H32N4O3/c1-3-4-16(2)13-20(27)23-19(21(22)28)14-17-5-7-18(8-6-17)25-11-9-24(15-26)10-12-25/h5-8,15-16,19H,3-4,9-14H2,1-2H3,(H2,22,28)(H,23,27)/t16-,19?/m1/s1. The summed E-state index contributed by atoms with van der Waals surface area (Å²) >= 11 is 0. The highest BCUT2D eigenvalue weighted by atomic mass is 16.2. The van der Waals surface area contributed by atoms with Crippen molar-refractivity contribution in [1.29, 1.82) is 0 Å². The molecule has 2 atom stereocenters. The zero-order valence-corrected chi connectivity index (χ0v) is 16.9. The maximum atomic E-state index is 12.2. The molecule has 1 aliphatic rings. The van der Waals surface area contributed by atoms with E-state index >= 15 is 0 Å². The molecule has 0 radical (unpaired) electrons. The Bertz CT molecular complexity index is 654. The number of nitrogens with zero attached hydrogens (tertiary/aromatic N) is 2. The number of nitrogens with one attached hydrogen (secondary N) is 1. The van der Waals surface area contributed by atoms with Gasteiger partial charge in [0.2, 0.25) is 18.2 Å². The molecular weight excluding hydrogens is 356 g/mol. The lowest BCUT2D eigenvalue weighted by atomic mass is 10.0. The highest BCUT2D eigenvalue weighted by Crippen LogP contribution is 2.18. The molecule has 3 N–H and O–H groups in total. The minimum Gasteiger partial charge on any atom is -0.368 e. The Kier molecular flexibility index (Phi) is 8.29. The van der Waals surface area contributed by atoms with E-state index in [0.717, 1.165) is 56.7 Å². The number of nitrogens with two attached hydrogens (primary N) is 1. The summed E-state index contributed by atoms with van der Waals surface area (Å²) in [5.74, 6) is -0.363. The van der Waals surface area contributed by atoms with Crippen LogP contribution in [0.1, 0.15) is 38.7 Å². The van der Waals surface area contributed by atoms with E-state index in [2.05, 4.69) is 17.1 Å². The summed E-state index contributed by atoms with van der Waals surface area (Å²) < 4.78 is 0. The molecule has 154 valence electrons. The van der Waals surface area contributed by atoms with Crippen LogP contribution in [-0.2, 0) is 20.8 Å². The van der Waals surface area contributed by atoms with Crippen LogP contribution in [0.15, 0.2) is 24.3 Å². The predicted molar refractivity (Wildman–Crippen MR) is 110 cm³/mol. The minimum absolute atomic E-state index is 0.130. The van der Waals surface area contributed by atoms with Crippen LogP contribution >= 0.6 is 0 Å². The quantitative estimate of drug-likeness (QED) is 0.591. The van der Waals surface area contributed by atoms with Crippen molar-refractivity contribution in [2.24, 2.45) is 11.7 Å². The van der Waals surface area contributed by atoms with Gasteiger partial charge in [-0.2, -0.15) is 0 Å². The molecule has 28 heavy (non-hydrogen) atoms. The average molecular weight is 389 g/mol. The first-order chi connectivity index (χ1) is 13.4. The van der Waals surface area contributed by atoms with Crippen LogP contribution in [0.5, 0.6) is 0 Å². The van der Waals surface area contributed by atoms with E-state index in [0.29, 0.717) is 12.8 Å². The maximum Gasteiger partial charge on any atom is 0.240 e. The molecule has 1 fully saturated rings. The number of primary amides is 1. The molecule has 0 saturated carbocycles. The van der Waals surface area contributed by atoms with Gasteiger partial charge in [-0.05, 0) is 23.6 Å². The lowest BCUT2D eigenvalue weighted by Gasteiger charge is -2.34. The normalized spacial score (nSPS) is 16.4. The molecule has 1 aromatic rings. The Hall–Kier alpha value is -2.57. The van der Waals surface area contributed by atoms with E-state index in [9.17, 15) is 14.4 Å². The topological polar surface area (TPSA) is 95.7 Å².